The number of benzene rings is 1. The van der Waals surface area contributed by atoms with E-state index in [0.29, 0.717) is 13.0 Å². The van der Waals surface area contributed by atoms with Gasteiger partial charge in [-0.3, -0.25) is 14.5 Å². The van der Waals surface area contributed by atoms with E-state index in [9.17, 15) is 18.4 Å². The monoisotopic (exact) mass is 311 g/mol. The summed E-state index contributed by atoms with van der Waals surface area (Å²) in [7, 11) is 3.34. The van der Waals surface area contributed by atoms with Crippen LogP contribution in [0.4, 0.5) is 14.5 Å². The number of likely N-dealkylation sites (N-methyl/N-ethyl adjacent to an activating group) is 1. The van der Waals surface area contributed by atoms with Crippen molar-refractivity contribution in [2.45, 2.75) is 18.9 Å². The summed E-state index contributed by atoms with van der Waals surface area (Å²) in [4.78, 5) is 27.3. The Bertz CT molecular complexity index is 578. The molecule has 2 amide bonds. The SMILES string of the molecule is CN(C)C(=O)C1CCCN1CC(=O)Nc1cc(F)ccc1F. The molecule has 2 rings (SSSR count). The topological polar surface area (TPSA) is 52.7 Å². The second kappa shape index (κ2) is 6.83. The van der Waals surface area contributed by atoms with Gasteiger partial charge in [-0.2, -0.15) is 0 Å². The minimum absolute atomic E-state index is 0.0276. The zero-order valence-electron chi connectivity index (χ0n) is 12.6. The van der Waals surface area contributed by atoms with Crippen LogP contribution in [0.15, 0.2) is 18.2 Å². The number of nitrogens with zero attached hydrogens (tertiary/aromatic N) is 2. The van der Waals surface area contributed by atoms with E-state index in [2.05, 4.69) is 5.32 Å². The van der Waals surface area contributed by atoms with Gasteiger partial charge in [0.2, 0.25) is 11.8 Å². The Morgan fingerprint density at radius 2 is 2.09 bits per heavy atom. The third kappa shape index (κ3) is 3.79. The standard InChI is InChI=1S/C15H19F2N3O2/c1-19(2)15(22)13-4-3-7-20(13)9-14(21)18-12-8-10(16)5-6-11(12)17/h5-6,8,13H,3-4,7,9H2,1-2H3,(H,18,21). The van der Waals surface area contributed by atoms with E-state index in [1.54, 1.807) is 19.0 Å². The molecular formula is C15H19F2N3O2. The highest BCUT2D eigenvalue weighted by molar-refractivity contribution is 5.93. The zero-order valence-corrected chi connectivity index (χ0v) is 12.6. The van der Waals surface area contributed by atoms with Crippen LogP contribution in [0.2, 0.25) is 0 Å². The summed E-state index contributed by atoms with van der Waals surface area (Å²) in [5.41, 5.74) is -0.195. The van der Waals surface area contributed by atoms with Crippen molar-refractivity contribution < 1.29 is 18.4 Å². The number of carbonyl (C=O) groups is 2. The molecule has 1 unspecified atom stereocenters. The Morgan fingerprint density at radius 1 is 1.36 bits per heavy atom. The zero-order chi connectivity index (χ0) is 16.3. The van der Waals surface area contributed by atoms with Crippen molar-refractivity contribution in [3.05, 3.63) is 29.8 Å². The van der Waals surface area contributed by atoms with Crippen LogP contribution < -0.4 is 5.32 Å². The van der Waals surface area contributed by atoms with Gasteiger partial charge >= 0.3 is 0 Å². The van der Waals surface area contributed by atoms with Crippen LogP contribution in [0.5, 0.6) is 0 Å². The van der Waals surface area contributed by atoms with Crippen molar-refractivity contribution in [1.82, 2.24) is 9.80 Å². The van der Waals surface area contributed by atoms with Crippen LogP contribution in [0.25, 0.3) is 0 Å². The van der Waals surface area contributed by atoms with E-state index in [1.807, 2.05) is 0 Å². The molecule has 0 bridgehead atoms. The summed E-state index contributed by atoms with van der Waals surface area (Å²) < 4.78 is 26.6. The lowest BCUT2D eigenvalue weighted by Crippen LogP contribution is -2.45. The number of hydrogen-bond donors (Lipinski definition) is 1. The van der Waals surface area contributed by atoms with Gasteiger partial charge in [-0.15, -0.1) is 0 Å². The molecule has 1 N–H and O–H groups in total. The Labute approximate surface area is 127 Å². The molecule has 120 valence electrons. The Balaban J connectivity index is 1.99. The number of likely N-dealkylation sites (tertiary alicyclic amines) is 1. The third-order valence-corrected chi connectivity index (χ3v) is 3.64. The fraction of sp³-hybridized carbons (Fsp3) is 0.467. The lowest BCUT2D eigenvalue weighted by Gasteiger charge is -2.25. The van der Waals surface area contributed by atoms with E-state index in [1.165, 1.54) is 4.90 Å². The molecule has 0 radical (unpaired) electrons. The van der Waals surface area contributed by atoms with Gasteiger partial charge in [-0.1, -0.05) is 0 Å². The normalized spacial score (nSPS) is 18.3. The number of anilines is 1. The maximum absolute atomic E-state index is 13.5. The maximum Gasteiger partial charge on any atom is 0.239 e. The fourth-order valence-corrected chi connectivity index (χ4v) is 2.56. The highest BCUT2D eigenvalue weighted by Gasteiger charge is 2.32. The lowest BCUT2D eigenvalue weighted by molar-refractivity contribution is -0.133. The average Bonchev–Trinajstić information content (AvgIpc) is 2.89. The molecule has 5 nitrogen and oxygen atoms in total. The summed E-state index contributed by atoms with van der Waals surface area (Å²) in [6.07, 6.45) is 1.52. The summed E-state index contributed by atoms with van der Waals surface area (Å²) in [5, 5.41) is 2.35. The molecule has 7 heteroatoms. The number of carbonyl (C=O) groups excluding carboxylic acids is 2. The minimum Gasteiger partial charge on any atom is -0.347 e. The molecule has 0 aromatic heterocycles. The van der Waals surface area contributed by atoms with Crippen LogP contribution in [-0.2, 0) is 9.59 Å². The van der Waals surface area contributed by atoms with Gasteiger partial charge in [-0.25, -0.2) is 8.78 Å². The summed E-state index contributed by atoms with van der Waals surface area (Å²) in [5.74, 6) is -1.85. The van der Waals surface area contributed by atoms with Gasteiger partial charge in [-0.05, 0) is 31.5 Å². The first-order valence-electron chi connectivity index (χ1n) is 7.08. The molecule has 0 spiro atoms. The smallest absolute Gasteiger partial charge is 0.239 e. The molecule has 0 saturated carbocycles. The molecule has 1 aliphatic rings. The average molecular weight is 311 g/mol. The molecule has 22 heavy (non-hydrogen) atoms. The van der Waals surface area contributed by atoms with Crippen molar-refractivity contribution in [3.8, 4) is 0 Å². The second-order valence-corrected chi connectivity index (χ2v) is 5.53. The van der Waals surface area contributed by atoms with Crippen molar-refractivity contribution in [2.75, 3.05) is 32.5 Å². The van der Waals surface area contributed by atoms with Gasteiger partial charge in [0.15, 0.2) is 0 Å². The third-order valence-electron chi connectivity index (χ3n) is 3.64. The predicted octanol–water partition coefficient (Wildman–Crippen LogP) is 1.46. The van der Waals surface area contributed by atoms with E-state index in [4.69, 9.17) is 0 Å². The molecule has 1 aliphatic heterocycles. The fourth-order valence-electron chi connectivity index (χ4n) is 2.56. The quantitative estimate of drug-likeness (QED) is 0.916. The summed E-state index contributed by atoms with van der Waals surface area (Å²) >= 11 is 0. The van der Waals surface area contributed by atoms with Crippen LogP contribution in [0, 0.1) is 11.6 Å². The van der Waals surface area contributed by atoms with Gasteiger partial charge in [0.05, 0.1) is 18.3 Å². The number of halogens is 2. The van der Waals surface area contributed by atoms with Crippen LogP contribution in [0.3, 0.4) is 0 Å². The maximum atomic E-state index is 13.5. The number of amides is 2. The van der Waals surface area contributed by atoms with Gasteiger partial charge in [0, 0.05) is 20.2 Å². The Hall–Kier alpha value is -2.02. The lowest BCUT2D eigenvalue weighted by atomic mass is 10.2. The highest BCUT2D eigenvalue weighted by Crippen LogP contribution is 2.19. The molecule has 1 aromatic carbocycles. The Kier molecular flexibility index (Phi) is 5.07. The van der Waals surface area contributed by atoms with Gasteiger partial charge in [0.1, 0.15) is 11.6 Å². The van der Waals surface area contributed by atoms with E-state index >= 15 is 0 Å². The number of nitrogens with one attached hydrogen (secondary N) is 1. The minimum atomic E-state index is -0.697. The van der Waals surface area contributed by atoms with Crippen molar-refractivity contribution >= 4 is 17.5 Å². The van der Waals surface area contributed by atoms with Crippen molar-refractivity contribution in [2.24, 2.45) is 0 Å². The van der Waals surface area contributed by atoms with Crippen LogP contribution in [0.1, 0.15) is 12.8 Å². The van der Waals surface area contributed by atoms with Crippen LogP contribution >= 0.6 is 0 Å². The largest absolute Gasteiger partial charge is 0.347 e. The first-order valence-corrected chi connectivity index (χ1v) is 7.08. The van der Waals surface area contributed by atoms with Gasteiger partial charge < -0.3 is 10.2 Å². The molecular weight excluding hydrogens is 292 g/mol. The molecule has 1 aromatic rings. The first-order chi connectivity index (χ1) is 10.4. The summed E-state index contributed by atoms with van der Waals surface area (Å²) in [6.45, 7) is 0.601. The molecule has 1 saturated heterocycles. The molecule has 1 atom stereocenters. The number of hydrogen-bond acceptors (Lipinski definition) is 3. The molecule has 0 aliphatic carbocycles. The molecule has 1 fully saturated rings. The van der Waals surface area contributed by atoms with Gasteiger partial charge in [0.25, 0.3) is 0 Å². The first kappa shape index (κ1) is 16.4. The van der Waals surface area contributed by atoms with E-state index < -0.39 is 17.5 Å². The summed E-state index contributed by atoms with van der Waals surface area (Å²) in [6, 6.07) is 2.54. The molecule has 1 heterocycles. The van der Waals surface area contributed by atoms with E-state index in [-0.39, 0.29) is 24.2 Å². The predicted molar refractivity (Wildman–Crippen MR) is 78.3 cm³/mol. The van der Waals surface area contributed by atoms with Crippen LogP contribution in [-0.4, -0.2) is 54.8 Å². The number of rotatable bonds is 4. The van der Waals surface area contributed by atoms with E-state index in [0.717, 1.165) is 24.6 Å². The second-order valence-electron chi connectivity index (χ2n) is 5.53. The van der Waals surface area contributed by atoms with Crippen molar-refractivity contribution in [1.29, 1.82) is 0 Å². The Morgan fingerprint density at radius 3 is 2.77 bits per heavy atom. The highest BCUT2D eigenvalue weighted by atomic mass is 19.1. The van der Waals surface area contributed by atoms with Crippen molar-refractivity contribution in [3.63, 3.8) is 0 Å².